The van der Waals surface area contributed by atoms with Crippen LogP contribution in [0.2, 0.25) is 0 Å². The first-order valence-electron chi connectivity index (χ1n) is 7.34. The molecule has 2 aromatic rings. The average Bonchev–Trinajstić information content (AvgIpc) is 2.92. The summed E-state index contributed by atoms with van der Waals surface area (Å²) in [5.74, 6) is 1.65. The third-order valence-electron chi connectivity index (χ3n) is 3.87. The number of carbonyl (C=O) groups is 1. The number of rotatable bonds is 3. The molecule has 1 atom stereocenters. The van der Waals surface area contributed by atoms with E-state index in [9.17, 15) is 9.59 Å². The zero-order valence-electron chi connectivity index (χ0n) is 12.6. The second-order valence-corrected chi connectivity index (χ2v) is 5.39. The number of carbonyl (C=O) groups excluding carboxylic acids is 1. The van der Waals surface area contributed by atoms with Gasteiger partial charge in [-0.1, -0.05) is 6.92 Å². The molecule has 1 aliphatic heterocycles. The van der Waals surface area contributed by atoms with Crippen LogP contribution in [0.25, 0.3) is 0 Å². The first-order valence-corrected chi connectivity index (χ1v) is 7.34. The highest BCUT2D eigenvalue weighted by atomic mass is 16.2. The first-order chi connectivity index (χ1) is 10.6. The van der Waals surface area contributed by atoms with E-state index < -0.39 is 0 Å². The van der Waals surface area contributed by atoms with Crippen LogP contribution in [0.3, 0.4) is 0 Å². The fourth-order valence-corrected chi connectivity index (χ4v) is 2.65. The molecule has 8 heteroatoms. The van der Waals surface area contributed by atoms with Gasteiger partial charge in [-0.15, -0.1) is 10.2 Å². The van der Waals surface area contributed by atoms with Gasteiger partial charge in [0.1, 0.15) is 17.3 Å². The highest BCUT2D eigenvalue weighted by Gasteiger charge is 2.24. The summed E-state index contributed by atoms with van der Waals surface area (Å²) in [6, 6.07) is 2.80. The summed E-state index contributed by atoms with van der Waals surface area (Å²) in [5, 5.41) is 15.3. The highest BCUT2D eigenvalue weighted by molar-refractivity contribution is 5.92. The molecule has 22 heavy (non-hydrogen) atoms. The predicted molar refractivity (Wildman–Crippen MR) is 78.5 cm³/mol. The molecule has 1 amide bonds. The molecule has 0 fully saturated rings. The smallest absolute Gasteiger partial charge is 0.272 e. The molecule has 116 valence electrons. The molecule has 0 unspecified atom stereocenters. The van der Waals surface area contributed by atoms with Gasteiger partial charge in [0.25, 0.3) is 11.5 Å². The lowest BCUT2D eigenvalue weighted by Crippen LogP contribution is -2.42. The van der Waals surface area contributed by atoms with Gasteiger partial charge in [0.15, 0.2) is 0 Å². The lowest BCUT2D eigenvalue weighted by atomic mass is 10.1. The number of hydrogen-bond donors (Lipinski definition) is 1. The number of nitrogens with one attached hydrogen (secondary N) is 1. The van der Waals surface area contributed by atoms with Crippen molar-refractivity contribution >= 4 is 5.91 Å². The predicted octanol–water partition coefficient (Wildman–Crippen LogP) is -0.321. The lowest BCUT2D eigenvalue weighted by Gasteiger charge is -2.25. The monoisotopic (exact) mass is 302 g/mol. The van der Waals surface area contributed by atoms with Gasteiger partial charge < -0.3 is 9.88 Å². The summed E-state index contributed by atoms with van der Waals surface area (Å²) >= 11 is 0. The van der Waals surface area contributed by atoms with Crippen molar-refractivity contribution in [2.24, 2.45) is 7.05 Å². The molecular weight excluding hydrogens is 284 g/mol. The maximum Gasteiger partial charge on any atom is 0.272 e. The summed E-state index contributed by atoms with van der Waals surface area (Å²) < 4.78 is 3.23. The third kappa shape index (κ3) is 2.63. The van der Waals surface area contributed by atoms with E-state index in [0.717, 1.165) is 35.6 Å². The summed E-state index contributed by atoms with van der Waals surface area (Å²) in [6.45, 7) is 2.71. The van der Waals surface area contributed by atoms with E-state index in [2.05, 4.69) is 25.2 Å². The Bertz CT molecular complexity index is 749. The number of aromatic nitrogens is 5. The van der Waals surface area contributed by atoms with Crippen molar-refractivity contribution in [3.63, 3.8) is 0 Å². The number of aryl methyl sites for hydroxylation is 3. The van der Waals surface area contributed by atoms with Gasteiger partial charge >= 0.3 is 0 Å². The van der Waals surface area contributed by atoms with Gasteiger partial charge in [0.05, 0.1) is 0 Å². The number of nitrogens with zero attached hydrogens (tertiary/aromatic N) is 5. The van der Waals surface area contributed by atoms with E-state index in [-0.39, 0.29) is 23.2 Å². The molecule has 3 rings (SSSR count). The van der Waals surface area contributed by atoms with Gasteiger partial charge in [-0.2, -0.15) is 5.10 Å². The molecule has 0 aromatic carbocycles. The molecular formula is C14H18N6O2. The largest absolute Gasteiger partial charge is 0.346 e. The van der Waals surface area contributed by atoms with E-state index in [4.69, 9.17) is 0 Å². The number of amides is 1. The van der Waals surface area contributed by atoms with Crippen molar-refractivity contribution in [3.8, 4) is 0 Å². The van der Waals surface area contributed by atoms with Crippen LogP contribution in [-0.4, -0.2) is 36.5 Å². The standard InChI is InChI=1S/C14H18N6O2/c1-3-11-16-17-12-6-4-9(8-20(11)12)15-14(22)10-5-7-13(21)19(2)18-10/h5,7,9H,3-4,6,8H2,1-2H3,(H,15,22)/t9-/m1/s1. The average molecular weight is 302 g/mol. The summed E-state index contributed by atoms with van der Waals surface area (Å²) in [6.07, 6.45) is 2.42. The minimum absolute atomic E-state index is 0.0142. The molecule has 1 aliphatic rings. The second kappa shape index (κ2) is 5.70. The van der Waals surface area contributed by atoms with Gasteiger partial charge in [-0.25, -0.2) is 4.68 Å². The number of fused-ring (bicyclic) bond motifs is 1. The van der Waals surface area contributed by atoms with Crippen molar-refractivity contribution in [2.75, 3.05) is 0 Å². The van der Waals surface area contributed by atoms with Crippen molar-refractivity contribution in [3.05, 3.63) is 39.8 Å². The molecule has 2 aromatic heterocycles. The van der Waals surface area contributed by atoms with Crippen LogP contribution in [-0.2, 0) is 26.4 Å². The van der Waals surface area contributed by atoms with E-state index in [1.807, 2.05) is 6.92 Å². The summed E-state index contributed by atoms with van der Waals surface area (Å²) in [4.78, 5) is 23.6. The normalized spacial score (nSPS) is 17.1. The van der Waals surface area contributed by atoms with Crippen LogP contribution in [0.15, 0.2) is 16.9 Å². The Morgan fingerprint density at radius 3 is 2.95 bits per heavy atom. The fourth-order valence-electron chi connectivity index (χ4n) is 2.65. The molecule has 0 spiro atoms. The Balaban J connectivity index is 1.72. The molecule has 0 radical (unpaired) electrons. The van der Waals surface area contributed by atoms with E-state index in [1.54, 1.807) is 0 Å². The Kier molecular flexibility index (Phi) is 3.74. The highest BCUT2D eigenvalue weighted by Crippen LogP contribution is 2.15. The van der Waals surface area contributed by atoms with Crippen molar-refractivity contribution in [2.45, 2.75) is 38.8 Å². The van der Waals surface area contributed by atoms with Crippen molar-refractivity contribution < 1.29 is 4.79 Å². The van der Waals surface area contributed by atoms with Crippen LogP contribution in [0.5, 0.6) is 0 Å². The van der Waals surface area contributed by atoms with Gasteiger partial charge in [-0.3, -0.25) is 9.59 Å². The Labute approximate surface area is 127 Å². The molecule has 1 N–H and O–H groups in total. The molecule has 0 saturated carbocycles. The minimum atomic E-state index is -0.268. The number of hydrogen-bond acceptors (Lipinski definition) is 5. The lowest BCUT2D eigenvalue weighted by molar-refractivity contribution is 0.0920. The second-order valence-electron chi connectivity index (χ2n) is 5.39. The van der Waals surface area contributed by atoms with E-state index in [0.29, 0.717) is 6.54 Å². The molecule has 8 nitrogen and oxygen atoms in total. The fraction of sp³-hybridized carbons (Fsp3) is 0.500. The minimum Gasteiger partial charge on any atom is -0.346 e. The van der Waals surface area contributed by atoms with E-state index >= 15 is 0 Å². The topological polar surface area (TPSA) is 94.7 Å². The van der Waals surface area contributed by atoms with E-state index in [1.165, 1.54) is 19.2 Å². The first kappa shape index (κ1) is 14.4. The van der Waals surface area contributed by atoms with Crippen LogP contribution in [0.1, 0.15) is 35.5 Å². The summed E-state index contributed by atoms with van der Waals surface area (Å²) in [5.41, 5.74) is 0.00306. The van der Waals surface area contributed by atoms with Gasteiger partial charge in [0.2, 0.25) is 0 Å². The molecule has 0 aliphatic carbocycles. The molecule has 0 bridgehead atoms. The Morgan fingerprint density at radius 2 is 2.23 bits per heavy atom. The van der Waals surface area contributed by atoms with Crippen LogP contribution in [0.4, 0.5) is 0 Å². The Morgan fingerprint density at radius 1 is 1.41 bits per heavy atom. The quantitative estimate of drug-likeness (QED) is 0.838. The van der Waals surface area contributed by atoms with Crippen LogP contribution in [0, 0.1) is 0 Å². The van der Waals surface area contributed by atoms with Crippen LogP contribution < -0.4 is 10.9 Å². The zero-order valence-corrected chi connectivity index (χ0v) is 12.6. The van der Waals surface area contributed by atoms with Crippen molar-refractivity contribution in [1.29, 1.82) is 0 Å². The van der Waals surface area contributed by atoms with Gasteiger partial charge in [0, 0.05) is 38.5 Å². The molecule has 3 heterocycles. The Hall–Kier alpha value is -2.51. The van der Waals surface area contributed by atoms with Gasteiger partial charge in [-0.05, 0) is 12.5 Å². The zero-order chi connectivity index (χ0) is 15.7. The maximum absolute atomic E-state index is 12.3. The maximum atomic E-state index is 12.3. The SMILES string of the molecule is CCc1nnc2n1C[C@H](NC(=O)c1ccc(=O)n(C)n1)CC2. The van der Waals surface area contributed by atoms with Crippen molar-refractivity contribution in [1.82, 2.24) is 29.9 Å². The molecule has 0 saturated heterocycles. The summed E-state index contributed by atoms with van der Waals surface area (Å²) in [7, 11) is 1.52. The third-order valence-corrected chi connectivity index (χ3v) is 3.87. The van der Waals surface area contributed by atoms with Crippen LogP contribution >= 0.6 is 0 Å².